The Morgan fingerprint density at radius 2 is 1.82 bits per heavy atom. The summed E-state index contributed by atoms with van der Waals surface area (Å²) in [5, 5.41) is 9.28. The van der Waals surface area contributed by atoms with E-state index in [0.29, 0.717) is 11.4 Å². The fourth-order valence-electron chi connectivity index (χ4n) is 2.88. The van der Waals surface area contributed by atoms with Crippen LogP contribution in [0.5, 0.6) is 5.75 Å². The molecule has 0 spiro atoms. The summed E-state index contributed by atoms with van der Waals surface area (Å²) in [4.78, 5) is 12.2. The van der Waals surface area contributed by atoms with Gasteiger partial charge in [0.05, 0.1) is 24.5 Å². The molecule has 0 heterocycles. The molecule has 5 nitrogen and oxygen atoms in total. The number of aliphatic carboxylic acids is 1. The van der Waals surface area contributed by atoms with E-state index in [-0.39, 0.29) is 12.5 Å². The molecule has 3 aromatic carbocycles. The molecule has 6 heteroatoms. The molecular formula is C22H22N2O3S. The number of carboxylic acids is 1. The molecule has 0 saturated heterocycles. The number of benzene rings is 3. The second-order valence-electron chi connectivity index (χ2n) is 6.27. The van der Waals surface area contributed by atoms with Crippen molar-refractivity contribution < 1.29 is 14.6 Å². The summed E-state index contributed by atoms with van der Waals surface area (Å²) in [5.74, 6) is -0.144. The Bertz CT molecular complexity index is 948. The van der Waals surface area contributed by atoms with Gasteiger partial charge in [-0.2, -0.15) is 0 Å². The lowest BCUT2D eigenvalue weighted by atomic mass is 10.1. The molecule has 0 bridgehead atoms. The number of carboxylic acid groups (broad SMARTS) is 1. The molecule has 0 radical (unpaired) electrons. The van der Waals surface area contributed by atoms with Crippen molar-refractivity contribution in [1.29, 1.82) is 0 Å². The van der Waals surface area contributed by atoms with E-state index in [9.17, 15) is 9.90 Å². The van der Waals surface area contributed by atoms with Crippen molar-refractivity contribution in [3.63, 3.8) is 0 Å². The maximum absolute atomic E-state index is 11.3. The van der Waals surface area contributed by atoms with Gasteiger partial charge in [0, 0.05) is 5.69 Å². The van der Waals surface area contributed by atoms with E-state index in [0.717, 1.165) is 21.6 Å². The second-order valence-corrected chi connectivity index (χ2v) is 7.15. The first-order valence-electron chi connectivity index (χ1n) is 8.80. The van der Waals surface area contributed by atoms with E-state index in [1.807, 2.05) is 72.8 Å². The lowest BCUT2D eigenvalue weighted by molar-refractivity contribution is -0.137. The van der Waals surface area contributed by atoms with Crippen molar-refractivity contribution in [3.05, 3.63) is 78.4 Å². The lowest BCUT2D eigenvalue weighted by Crippen LogP contribution is -2.18. The highest BCUT2D eigenvalue weighted by atomic mass is 32.2. The number of nitrogen functional groups attached to an aromatic ring is 1. The minimum Gasteiger partial charge on any atom is -0.496 e. The first kappa shape index (κ1) is 19.8. The smallest absolute Gasteiger partial charge is 0.305 e. The number of nitrogens with one attached hydrogen (secondary N) is 1. The van der Waals surface area contributed by atoms with Gasteiger partial charge in [-0.15, -0.1) is 0 Å². The predicted octanol–water partition coefficient (Wildman–Crippen LogP) is 4.76. The van der Waals surface area contributed by atoms with Crippen LogP contribution in [0.15, 0.2) is 77.7 Å². The van der Waals surface area contributed by atoms with Gasteiger partial charge in [0.15, 0.2) is 0 Å². The molecule has 1 atom stereocenters. The average Bonchev–Trinajstić information content (AvgIpc) is 2.71. The molecule has 0 aliphatic carbocycles. The third-order valence-electron chi connectivity index (χ3n) is 4.28. The average molecular weight is 394 g/mol. The number of methoxy groups -OCH3 is 1. The van der Waals surface area contributed by atoms with Crippen molar-refractivity contribution in [1.82, 2.24) is 4.72 Å². The standard InChI is InChI=1S/C22H22N2O3S/c1-27-20-11-10-17(16-8-5-9-18(23)12-16)13-21(20)28-24-19(14-22(25)26)15-6-3-2-4-7-15/h2-13,19,24H,14,23H2,1H3,(H,25,26). The first-order chi connectivity index (χ1) is 13.6. The van der Waals surface area contributed by atoms with Crippen LogP contribution in [-0.2, 0) is 4.79 Å². The van der Waals surface area contributed by atoms with Crippen LogP contribution in [0.25, 0.3) is 11.1 Å². The monoisotopic (exact) mass is 394 g/mol. The first-order valence-corrected chi connectivity index (χ1v) is 9.61. The predicted molar refractivity (Wildman–Crippen MR) is 113 cm³/mol. The van der Waals surface area contributed by atoms with Gasteiger partial charge in [-0.1, -0.05) is 48.5 Å². The summed E-state index contributed by atoms with van der Waals surface area (Å²) >= 11 is 1.36. The third kappa shape index (κ3) is 5.06. The maximum atomic E-state index is 11.3. The van der Waals surface area contributed by atoms with Crippen molar-refractivity contribution in [2.75, 3.05) is 12.8 Å². The second kappa shape index (κ2) is 9.30. The van der Waals surface area contributed by atoms with Gasteiger partial charge in [-0.3, -0.25) is 9.52 Å². The van der Waals surface area contributed by atoms with Crippen LogP contribution in [0.4, 0.5) is 5.69 Å². The Balaban J connectivity index is 1.85. The number of rotatable bonds is 8. The quantitative estimate of drug-likeness (QED) is 0.377. The summed E-state index contributed by atoms with van der Waals surface area (Å²) in [7, 11) is 1.62. The summed E-state index contributed by atoms with van der Waals surface area (Å²) in [6.07, 6.45) is -0.0196. The van der Waals surface area contributed by atoms with E-state index in [1.54, 1.807) is 7.11 Å². The van der Waals surface area contributed by atoms with Gasteiger partial charge in [0.2, 0.25) is 0 Å². The van der Waals surface area contributed by atoms with Crippen LogP contribution in [0.1, 0.15) is 18.0 Å². The Labute approximate surface area is 168 Å². The molecule has 0 aromatic heterocycles. The highest BCUT2D eigenvalue weighted by Crippen LogP contribution is 2.34. The van der Waals surface area contributed by atoms with Gasteiger partial charge in [0.25, 0.3) is 0 Å². The number of anilines is 1. The summed E-state index contributed by atoms with van der Waals surface area (Å²) < 4.78 is 8.76. The molecule has 0 amide bonds. The molecular weight excluding hydrogens is 372 g/mol. The molecule has 3 aromatic rings. The normalized spacial score (nSPS) is 11.8. The van der Waals surface area contributed by atoms with Crippen LogP contribution in [-0.4, -0.2) is 18.2 Å². The SMILES string of the molecule is COc1ccc(-c2cccc(N)c2)cc1SNC(CC(=O)O)c1ccccc1. The highest BCUT2D eigenvalue weighted by molar-refractivity contribution is 7.97. The maximum Gasteiger partial charge on any atom is 0.305 e. The number of ether oxygens (including phenoxy) is 1. The Kier molecular flexibility index (Phi) is 6.57. The largest absolute Gasteiger partial charge is 0.496 e. The lowest BCUT2D eigenvalue weighted by Gasteiger charge is -2.18. The topological polar surface area (TPSA) is 84.6 Å². The van der Waals surface area contributed by atoms with E-state index < -0.39 is 5.97 Å². The van der Waals surface area contributed by atoms with Gasteiger partial charge in [-0.05, 0) is 52.9 Å². The minimum absolute atomic E-state index is 0.0196. The minimum atomic E-state index is -0.859. The van der Waals surface area contributed by atoms with Crippen LogP contribution in [0, 0.1) is 0 Å². The summed E-state index contributed by atoms with van der Waals surface area (Å²) in [6.45, 7) is 0. The fraction of sp³-hybridized carbons (Fsp3) is 0.136. The fourth-order valence-corrected chi connectivity index (χ4v) is 3.80. The zero-order valence-electron chi connectivity index (χ0n) is 15.5. The van der Waals surface area contributed by atoms with E-state index in [2.05, 4.69) is 4.72 Å². The Hall–Kier alpha value is -2.96. The number of nitrogens with two attached hydrogens (primary N) is 1. The number of hydrogen-bond acceptors (Lipinski definition) is 5. The summed E-state index contributed by atoms with van der Waals surface area (Å²) in [6, 6.07) is 22.8. The van der Waals surface area contributed by atoms with Crippen LogP contribution in [0.2, 0.25) is 0 Å². The van der Waals surface area contributed by atoms with Crippen molar-refractivity contribution >= 4 is 23.6 Å². The van der Waals surface area contributed by atoms with E-state index >= 15 is 0 Å². The zero-order valence-corrected chi connectivity index (χ0v) is 16.3. The molecule has 1 unspecified atom stereocenters. The van der Waals surface area contributed by atoms with Gasteiger partial charge < -0.3 is 15.6 Å². The third-order valence-corrected chi connectivity index (χ3v) is 5.22. The van der Waals surface area contributed by atoms with E-state index in [1.165, 1.54) is 11.9 Å². The molecule has 3 rings (SSSR count). The zero-order chi connectivity index (χ0) is 19.9. The Morgan fingerprint density at radius 3 is 2.50 bits per heavy atom. The molecule has 4 N–H and O–H groups in total. The molecule has 0 aliphatic rings. The number of carbonyl (C=O) groups is 1. The molecule has 0 fully saturated rings. The van der Waals surface area contributed by atoms with Crippen molar-refractivity contribution in [2.24, 2.45) is 0 Å². The molecule has 144 valence electrons. The van der Waals surface area contributed by atoms with Gasteiger partial charge >= 0.3 is 5.97 Å². The van der Waals surface area contributed by atoms with Crippen LogP contribution >= 0.6 is 11.9 Å². The Morgan fingerprint density at radius 1 is 1.07 bits per heavy atom. The van der Waals surface area contributed by atoms with Crippen molar-refractivity contribution in [3.8, 4) is 16.9 Å². The number of hydrogen-bond donors (Lipinski definition) is 3. The van der Waals surface area contributed by atoms with Gasteiger partial charge in [0.1, 0.15) is 5.75 Å². The highest BCUT2D eigenvalue weighted by Gasteiger charge is 2.17. The van der Waals surface area contributed by atoms with Crippen LogP contribution in [0.3, 0.4) is 0 Å². The van der Waals surface area contributed by atoms with E-state index in [4.69, 9.17) is 10.5 Å². The molecule has 28 heavy (non-hydrogen) atoms. The van der Waals surface area contributed by atoms with Crippen LogP contribution < -0.4 is 15.2 Å². The molecule has 0 saturated carbocycles. The van der Waals surface area contributed by atoms with Crippen molar-refractivity contribution in [2.45, 2.75) is 17.4 Å². The van der Waals surface area contributed by atoms with Gasteiger partial charge in [-0.25, -0.2) is 0 Å². The summed E-state index contributed by atoms with van der Waals surface area (Å²) in [5.41, 5.74) is 9.54. The molecule has 0 aliphatic heterocycles.